The number of hydrogen-bond donors (Lipinski definition) is 1. The molecule has 1 fully saturated rings. The number of rotatable bonds is 9. The number of carbonyl (C=O) groups excluding carboxylic acids is 2. The maximum Gasteiger partial charge on any atom is 0.295 e. The first-order valence-electron chi connectivity index (χ1n) is 12.1. The van der Waals surface area contributed by atoms with E-state index in [2.05, 4.69) is 6.92 Å². The van der Waals surface area contributed by atoms with E-state index in [0.717, 1.165) is 24.0 Å². The summed E-state index contributed by atoms with van der Waals surface area (Å²) >= 11 is 0. The van der Waals surface area contributed by atoms with Crippen molar-refractivity contribution in [3.8, 4) is 11.5 Å². The van der Waals surface area contributed by atoms with E-state index in [0.29, 0.717) is 29.2 Å². The van der Waals surface area contributed by atoms with Gasteiger partial charge in [-0.05, 0) is 36.6 Å². The molecule has 6 heteroatoms. The number of hydrogen-bond acceptors (Lipinski definition) is 5. The molecule has 3 aromatic rings. The predicted molar refractivity (Wildman–Crippen MR) is 139 cm³/mol. The number of aliphatic hydroxyl groups excluding tert-OH is 1. The average Bonchev–Trinajstić information content (AvgIpc) is 3.14. The SMILES string of the molecule is CCCCOc1ccc([C@H]2C(=C(O)c3ccc(C)cc3)C(=O)C(=O)N2Cc2ccccc2)cc1OC. The van der Waals surface area contributed by atoms with Crippen LogP contribution in [0.1, 0.15) is 48.1 Å². The third-order valence-electron chi connectivity index (χ3n) is 6.32. The van der Waals surface area contributed by atoms with Crippen LogP contribution in [0.15, 0.2) is 78.4 Å². The van der Waals surface area contributed by atoms with Gasteiger partial charge in [0.05, 0.1) is 25.3 Å². The minimum absolute atomic E-state index is 0.0569. The number of aryl methyl sites for hydroxylation is 1. The van der Waals surface area contributed by atoms with Crippen molar-refractivity contribution in [2.45, 2.75) is 39.3 Å². The second-order valence-corrected chi connectivity index (χ2v) is 8.89. The number of nitrogens with zero attached hydrogens (tertiary/aromatic N) is 1. The molecule has 0 radical (unpaired) electrons. The fraction of sp³-hybridized carbons (Fsp3) is 0.267. The number of amides is 1. The van der Waals surface area contributed by atoms with E-state index in [-0.39, 0.29) is 17.9 Å². The molecule has 0 aliphatic carbocycles. The van der Waals surface area contributed by atoms with Gasteiger partial charge in [-0.3, -0.25) is 9.59 Å². The summed E-state index contributed by atoms with van der Waals surface area (Å²) in [5.41, 5.74) is 3.09. The van der Waals surface area contributed by atoms with Crippen LogP contribution in [0.25, 0.3) is 5.76 Å². The monoisotopic (exact) mass is 485 g/mol. The highest BCUT2D eigenvalue weighted by atomic mass is 16.5. The summed E-state index contributed by atoms with van der Waals surface area (Å²) in [5, 5.41) is 11.3. The van der Waals surface area contributed by atoms with Crippen LogP contribution >= 0.6 is 0 Å². The summed E-state index contributed by atoms with van der Waals surface area (Å²) in [7, 11) is 1.55. The van der Waals surface area contributed by atoms with E-state index in [1.807, 2.05) is 55.5 Å². The Morgan fingerprint density at radius 1 is 0.972 bits per heavy atom. The molecule has 4 rings (SSSR count). The summed E-state index contributed by atoms with van der Waals surface area (Å²) in [5.74, 6) is -0.468. The van der Waals surface area contributed by atoms with Gasteiger partial charge < -0.3 is 19.5 Å². The van der Waals surface area contributed by atoms with Crippen LogP contribution in [0.5, 0.6) is 11.5 Å². The first-order chi connectivity index (χ1) is 17.4. The highest BCUT2D eigenvalue weighted by molar-refractivity contribution is 6.46. The molecule has 1 N–H and O–H groups in total. The van der Waals surface area contributed by atoms with Crippen molar-refractivity contribution in [3.63, 3.8) is 0 Å². The van der Waals surface area contributed by atoms with Gasteiger partial charge in [-0.1, -0.05) is 79.6 Å². The molecule has 0 spiro atoms. The molecular weight excluding hydrogens is 454 g/mol. The van der Waals surface area contributed by atoms with Gasteiger partial charge in [-0.25, -0.2) is 0 Å². The molecule has 1 aliphatic rings. The Labute approximate surface area is 211 Å². The number of ketones is 1. The first kappa shape index (κ1) is 25.0. The van der Waals surface area contributed by atoms with Gasteiger partial charge in [-0.2, -0.15) is 0 Å². The Kier molecular flexibility index (Phi) is 7.74. The van der Waals surface area contributed by atoms with Crippen LogP contribution in [-0.4, -0.2) is 35.4 Å². The van der Waals surface area contributed by atoms with Gasteiger partial charge in [0, 0.05) is 12.1 Å². The van der Waals surface area contributed by atoms with Gasteiger partial charge in [0.15, 0.2) is 11.5 Å². The third-order valence-corrected chi connectivity index (χ3v) is 6.32. The number of carbonyl (C=O) groups is 2. The van der Waals surface area contributed by atoms with Crippen molar-refractivity contribution in [2.75, 3.05) is 13.7 Å². The van der Waals surface area contributed by atoms with Gasteiger partial charge in [0.25, 0.3) is 11.7 Å². The van der Waals surface area contributed by atoms with Crippen molar-refractivity contribution in [1.29, 1.82) is 0 Å². The molecule has 1 heterocycles. The molecule has 1 aliphatic heterocycles. The van der Waals surface area contributed by atoms with E-state index in [1.54, 1.807) is 31.4 Å². The summed E-state index contributed by atoms with van der Waals surface area (Å²) in [6.45, 7) is 4.82. The molecule has 6 nitrogen and oxygen atoms in total. The second-order valence-electron chi connectivity index (χ2n) is 8.89. The number of Topliss-reactive ketones (excluding diaryl/α,β-unsaturated/α-hetero) is 1. The van der Waals surface area contributed by atoms with Crippen LogP contribution in [0.3, 0.4) is 0 Å². The van der Waals surface area contributed by atoms with Crippen molar-refractivity contribution in [1.82, 2.24) is 4.90 Å². The quantitative estimate of drug-likeness (QED) is 0.179. The molecular formula is C30H31NO5. The van der Waals surface area contributed by atoms with Crippen LogP contribution in [0.4, 0.5) is 0 Å². The maximum absolute atomic E-state index is 13.3. The zero-order chi connectivity index (χ0) is 25.7. The topological polar surface area (TPSA) is 76.1 Å². The third kappa shape index (κ3) is 5.13. The fourth-order valence-electron chi connectivity index (χ4n) is 4.34. The number of likely N-dealkylation sites (tertiary alicyclic amines) is 1. The summed E-state index contributed by atoms with van der Waals surface area (Å²) in [4.78, 5) is 28.1. The Hall–Kier alpha value is -4.06. The van der Waals surface area contributed by atoms with Crippen LogP contribution in [-0.2, 0) is 16.1 Å². The zero-order valence-electron chi connectivity index (χ0n) is 20.9. The molecule has 0 saturated carbocycles. The summed E-state index contributed by atoms with van der Waals surface area (Å²) in [6.07, 6.45) is 1.92. The van der Waals surface area contributed by atoms with Crippen molar-refractivity contribution < 1.29 is 24.2 Å². The van der Waals surface area contributed by atoms with Gasteiger partial charge in [0.1, 0.15) is 5.76 Å². The molecule has 3 aromatic carbocycles. The number of ether oxygens (including phenoxy) is 2. The first-order valence-corrected chi connectivity index (χ1v) is 12.1. The average molecular weight is 486 g/mol. The highest BCUT2D eigenvalue weighted by Gasteiger charge is 2.46. The Morgan fingerprint density at radius 2 is 1.69 bits per heavy atom. The lowest BCUT2D eigenvalue weighted by atomic mass is 9.94. The van der Waals surface area contributed by atoms with Gasteiger partial charge in [-0.15, -0.1) is 0 Å². The smallest absolute Gasteiger partial charge is 0.295 e. The lowest BCUT2D eigenvalue weighted by Gasteiger charge is -2.26. The number of aliphatic hydroxyl groups is 1. The molecule has 1 saturated heterocycles. The predicted octanol–water partition coefficient (Wildman–Crippen LogP) is 5.80. The maximum atomic E-state index is 13.3. The zero-order valence-corrected chi connectivity index (χ0v) is 20.9. The van der Waals surface area contributed by atoms with Gasteiger partial charge >= 0.3 is 0 Å². The lowest BCUT2D eigenvalue weighted by molar-refractivity contribution is -0.140. The summed E-state index contributed by atoms with van der Waals surface area (Å²) < 4.78 is 11.5. The molecule has 1 atom stereocenters. The second kappa shape index (κ2) is 11.1. The number of benzene rings is 3. The van der Waals surface area contributed by atoms with E-state index in [1.165, 1.54) is 4.90 Å². The number of unbranched alkanes of at least 4 members (excludes halogenated alkanes) is 1. The minimum Gasteiger partial charge on any atom is -0.507 e. The largest absolute Gasteiger partial charge is 0.507 e. The Morgan fingerprint density at radius 3 is 2.36 bits per heavy atom. The van der Waals surface area contributed by atoms with Gasteiger partial charge in [0.2, 0.25) is 0 Å². The Bertz CT molecular complexity index is 1260. The van der Waals surface area contributed by atoms with E-state index < -0.39 is 17.7 Å². The highest BCUT2D eigenvalue weighted by Crippen LogP contribution is 2.42. The minimum atomic E-state index is -0.787. The van der Waals surface area contributed by atoms with Crippen LogP contribution in [0, 0.1) is 6.92 Å². The van der Waals surface area contributed by atoms with Crippen molar-refractivity contribution in [3.05, 3.63) is 101 Å². The lowest BCUT2D eigenvalue weighted by Crippen LogP contribution is -2.29. The van der Waals surface area contributed by atoms with Crippen LogP contribution < -0.4 is 9.47 Å². The molecule has 0 bridgehead atoms. The van der Waals surface area contributed by atoms with E-state index in [9.17, 15) is 14.7 Å². The molecule has 0 unspecified atom stereocenters. The molecule has 1 amide bonds. The number of methoxy groups -OCH3 is 1. The van der Waals surface area contributed by atoms with E-state index >= 15 is 0 Å². The molecule has 0 aromatic heterocycles. The normalized spacial score (nSPS) is 16.9. The van der Waals surface area contributed by atoms with Crippen molar-refractivity contribution in [2.24, 2.45) is 0 Å². The Balaban J connectivity index is 1.82. The van der Waals surface area contributed by atoms with Crippen molar-refractivity contribution >= 4 is 17.4 Å². The summed E-state index contributed by atoms with van der Waals surface area (Å²) in [6, 6.07) is 21.3. The molecule has 36 heavy (non-hydrogen) atoms. The standard InChI is InChI=1S/C30H31NO5/c1-4-5-17-36-24-16-15-23(18-25(24)35-3)27-26(28(32)22-13-11-20(2)12-14-22)29(33)30(34)31(27)19-21-9-7-6-8-10-21/h6-16,18,27,32H,4-5,17,19H2,1-3H3/t27-/m0/s1. The van der Waals surface area contributed by atoms with E-state index in [4.69, 9.17) is 9.47 Å². The molecule has 186 valence electrons. The van der Waals surface area contributed by atoms with Crippen LogP contribution in [0.2, 0.25) is 0 Å². The fourth-order valence-corrected chi connectivity index (χ4v) is 4.34.